The van der Waals surface area contributed by atoms with Gasteiger partial charge in [0, 0.05) is 36.2 Å². The van der Waals surface area contributed by atoms with E-state index in [-0.39, 0.29) is 6.09 Å². The number of piperidine rings is 1. The fourth-order valence-electron chi connectivity index (χ4n) is 4.04. The minimum atomic E-state index is -0.889. The number of carbonyl (C=O) groups excluding carboxylic acids is 1. The molecular weight excluding hydrogens is 402 g/mol. The van der Waals surface area contributed by atoms with Crippen molar-refractivity contribution in [2.45, 2.75) is 57.8 Å². The Balaban J connectivity index is 1.48. The van der Waals surface area contributed by atoms with E-state index in [4.69, 9.17) is 25.8 Å². The first kappa shape index (κ1) is 20.9. The summed E-state index contributed by atoms with van der Waals surface area (Å²) >= 11 is 6.03. The van der Waals surface area contributed by atoms with Crippen molar-refractivity contribution in [2.24, 2.45) is 0 Å². The van der Waals surface area contributed by atoms with Crippen LogP contribution in [0.5, 0.6) is 11.5 Å². The maximum absolute atomic E-state index is 12.4. The molecule has 2 aromatic rings. The summed E-state index contributed by atoms with van der Waals surface area (Å²) in [4.78, 5) is 14.2. The Morgan fingerprint density at radius 3 is 2.40 bits per heavy atom. The highest BCUT2D eigenvalue weighted by molar-refractivity contribution is 6.30. The van der Waals surface area contributed by atoms with Crippen molar-refractivity contribution in [3.8, 4) is 11.5 Å². The van der Waals surface area contributed by atoms with Crippen LogP contribution in [0.15, 0.2) is 42.5 Å². The number of nitrogens with zero attached hydrogens (tertiary/aromatic N) is 1. The number of hydrogen-bond acceptors (Lipinski definition) is 4. The number of likely N-dealkylation sites (tertiary alicyclic amines) is 1. The van der Waals surface area contributed by atoms with Crippen molar-refractivity contribution in [3.05, 3.63) is 58.6 Å². The SMILES string of the molecule is CC(C)(C)OC(=O)N1CCC(c2cccc3c2OC(C)(c2ccc(Cl)cc2)O3)CC1. The smallest absolute Gasteiger partial charge is 0.410 e. The molecule has 2 heterocycles. The summed E-state index contributed by atoms with van der Waals surface area (Å²) in [6, 6.07) is 13.6. The van der Waals surface area contributed by atoms with Crippen LogP contribution in [0, 0.1) is 0 Å². The normalized spacial score (nSPS) is 21.6. The molecule has 1 amide bonds. The number of hydrogen-bond donors (Lipinski definition) is 0. The second-order valence-corrected chi connectivity index (χ2v) is 9.51. The predicted molar refractivity (Wildman–Crippen MR) is 116 cm³/mol. The second-order valence-electron chi connectivity index (χ2n) is 9.07. The van der Waals surface area contributed by atoms with Crippen LogP contribution in [-0.4, -0.2) is 29.7 Å². The number of para-hydroxylation sites is 1. The van der Waals surface area contributed by atoms with E-state index in [0.717, 1.165) is 35.5 Å². The number of benzene rings is 2. The zero-order chi connectivity index (χ0) is 21.5. The lowest BCUT2D eigenvalue weighted by Crippen LogP contribution is -2.41. The van der Waals surface area contributed by atoms with Gasteiger partial charge in [-0.05, 0) is 69.9 Å². The van der Waals surface area contributed by atoms with Crippen LogP contribution < -0.4 is 9.47 Å². The molecule has 2 aliphatic heterocycles. The Kier molecular flexibility index (Phi) is 5.35. The monoisotopic (exact) mass is 429 g/mol. The Hall–Kier alpha value is -2.40. The van der Waals surface area contributed by atoms with Crippen LogP contribution in [0.3, 0.4) is 0 Å². The molecule has 6 heteroatoms. The minimum Gasteiger partial charge on any atom is -0.445 e. The maximum atomic E-state index is 12.4. The zero-order valence-electron chi connectivity index (χ0n) is 17.9. The molecule has 1 fully saturated rings. The molecule has 160 valence electrons. The van der Waals surface area contributed by atoms with Gasteiger partial charge in [-0.1, -0.05) is 23.7 Å². The number of halogens is 1. The van der Waals surface area contributed by atoms with Gasteiger partial charge >= 0.3 is 6.09 Å². The van der Waals surface area contributed by atoms with Crippen molar-refractivity contribution in [3.63, 3.8) is 0 Å². The highest BCUT2D eigenvalue weighted by Gasteiger charge is 2.41. The summed E-state index contributed by atoms with van der Waals surface area (Å²) in [6.45, 7) is 8.92. The number of fused-ring (bicyclic) bond motifs is 1. The third-order valence-electron chi connectivity index (χ3n) is 5.57. The summed E-state index contributed by atoms with van der Waals surface area (Å²) in [5.41, 5.74) is 1.56. The van der Waals surface area contributed by atoms with Gasteiger partial charge in [0.2, 0.25) is 0 Å². The first-order chi connectivity index (χ1) is 14.1. The molecule has 2 aromatic carbocycles. The highest BCUT2D eigenvalue weighted by Crippen LogP contribution is 2.49. The molecule has 0 spiro atoms. The van der Waals surface area contributed by atoms with Crippen LogP contribution in [0.1, 0.15) is 57.6 Å². The van der Waals surface area contributed by atoms with E-state index in [1.807, 2.05) is 64.1 Å². The first-order valence-electron chi connectivity index (χ1n) is 10.4. The largest absolute Gasteiger partial charge is 0.445 e. The number of rotatable bonds is 2. The van der Waals surface area contributed by atoms with Crippen molar-refractivity contribution in [1.82, 2.24) is 4.90 Å². The molecule has 1 unspecified atom stereocenters. The third kappa shape index (κ3) is 4.22. The molecule has 1 saturated heterocycles. The first-order valence-corrected chi connectivity index (χ1v) is 10.8. The number of amides is 1. The maximum Gasteiger partial charge on any atom is 0.410 e. The van der Waals surface area contributed by atoms with Gasteiger partial charge in [-0.3, -0.25) is 0 Å². The van der Waals surface area contributed by atoms with Gasteiger partial charge in [-0.2, -0.15) is 0 Å². The van der Waals surface area contributed by atoms with Crippen molar-refractivity contribution < 1.29 is 19.0 Å². The molecule has 0 aliphatic carbocycles. The molecule has 1 atom stereocenters. The van der Waals surface area contributed by atoms with Gasteiger partial charge in [0.1, 0.15) is 5.60 Å². The lowest BCUT2D eigenvalue weighted by Gasteiger charge is -2.34. The molecule has 0 saturated carbocycles. The average molecular weight is 430 g/mol. The molecule has 0 bridgehead atoms. The Morgan fingerprint density at radius 2 is 1.77 bits per heavy atom. The fourth-order valence-corrected chi connectivity index (χ4v) is 4.17. The number of carbonyl (C=O) groups is 1. The highest BCUT2D eigenvalue weighted by atomic mass is 35.5. The molecule has 0 N–H and O–H groups in total. The zero-order valence-corrected chi connectivity index (χ0v) is 18.7. The van der Waals surface area contributed by atoms with Gasteiger partial charge in [0.25, 0.3) is 5.79 Å². The van der Waals surface area contributed by atoms with Crippen LogP contribution in [0.4, 0.5) is 4.79 Å². The van der Waals surface area contributed by atoms with Crippen molar-refractivity contribution >= 4 is 17.7 Å². The van der Waals surface area contributed by atoms with E-state index >= 15 is 0 Å². The lowest BCUT2D eigenvalue weighted by atomic mass is 9.89. The van der Waals surface area contributed by atoms with Gasteiger partial charge in [-0.15, -0.1) is 0 Å². The van der Waals surface area contributed by atoms with Crippen LogP contribution >= 0.6 is 11.6 Å². The van der Waals surface area contributed by atoms with Gasteiger partial charge in [0.15, 0.2) is 11.5 Å². The van der Waals surface area contributed by atoms with E-state index in [1.54, 1.807) is 4.90 Å². The summed E-state index contributed by atoms with van der Waals surface area (Å²) in [5, 5.41) is 0.676. The van der Waals surface area contributed by atoms with Crippen LogP contribution in [0.2, 0.25) is 5.02 Å². The van der Waals surface area contributed by atoms with Gasteiger partial charge in [-0.25, -0.2) is 4.79 Å². The molecule has 5 nitrogen and oxygen atoms in total. The predicted octanol–water partition coefficient (Wildman–Crippen LogP) is 6.10. The quantitative estimate of drug-likeness (QED) is 0.578. The summed E-state index contributed by atoms with van der Waals surface area (Å²) in [6.07, 6.45) is 1.47. The van der Waals surface area contributed by atoms with Crippen molar-refractivity contribution in [2.75, 3.05) is 13.1 Å². The summed E-state index contributed by atoms with van der Waals surface area (Å²) < 4.78 is 18.1. The summed E-state index contributed by atoms with van der Waals surface area (Å²) in [5.74, 6) is 0.959. The van der Waals surface area contributed by atoms with E-state index in [0.29, 0.717) is 24.0 Å². The molecular formula is C24H28ClNO4. The van der Waals surface area contributed by atoms with Crippen molar-refractivity contribution in [1.29, 1.82) is 0 Å². The fraction of sp³-hybridized carbons (Fsp3) is 0.458. The van der Waals surface area contributed by atoms with Crippen LogP contribution in [-0.2, 0) is 10.5 Å². The van der Waals surface area contributed by atoms with E-state index in [2.05, 4.69) is 6.07 Å². The van der Waals surface area contributed by atoms with Crippen LogP contribution in [0.25, 0.3) is 0 Å². The minimum absolute atomic E-state index is 0.242. The van der Waals surface area contributed by atoms with Gasteiger partial charge < -0.3 is 19.1 Å². The molecule has 0 radical (unpaired) electrons. The third-order valence-corrected chi connectivity index (χ3v) is 5.82. The molecule has 4 rings (SSSR count). The van der Waals surface area contributed by atoms with E-state index in [1.165, 1.54) is 0 Å². The standard InChI is InChI=1S/C24H28ClNO4/c1-23(2,3)30-22(27)26-14-12-16(13-15-26)19-6-5-7-20-21(19)29-24(4,28-20)17-8-10-18(25)11-9-17/h5-11,16H,12-15H2,1-4H3. The lowest BCUT2D eigenvalue weighted by molar-refractivity contribution is -0.0685. The Bertz CT molecular complexity index is 929. The molecule has 0 aromatic heterocycles. The molecule has 2 aliphatic rings. The van der Waals surface area contributed by atoms with E-state index < -0.39 is 11.4 Å². The Morgan fingerprint density at radius 1 is 1.10 bits per heavy atom. The molecule has 30 heavy (non-hydrogen) atoms. The summed E-state index contributed by atoms with van der Waals surface area (Å²) in [7, 11) is 0. The van der Waals surface area contributed by atoms with Gasteiger partial charge in [0.05, 0.1) is 0 Å². The Labute approximate surface area is 182 Å². The van der Waals surface area contributed by atoms with E-state index in [9.17, 15) is 4.79 Å². The average Bonchev–Trinajstić information content (AvgIpc) is 3.04. The topological polar surface area (TPSA) is 48.0 Å². The number of ether oxygens (including phenoxy) is 3. The second kappa shape index (κ2) is 7.69.